The van der Waals surface area contributed by atoms with Gasteiger partial charge in [0.05, 0.1) is 18.4 Å². The van der Waals surface area contributed by atoms with Crippen molar-refractivity contribution in [2.24, 2.45) is 7.05 Å². The third-order valence-electron chi connectivity index (χ3n) is 4.71. The zero-order chi connectivity index (χ0) is 19.0. The molecule has 0 aliphatic carbocycles. The molecule has 0 saturated carbocycles. The average molecular weight is 358 g/mol. The number of carbonyl (C=O) groups is 2. The fourth-order valence-electron chi connectivity index (χ4n) is 3.31. The van der Waals surface area contributed by atoms with Gasteiger partial charge in [0.25, 0.3) is 5.91 Å². The molecule has 0 spiro atoms. The van der Waals surface area contributed by atoms with Gasteiger partial charge >= 0.3 is 5.97 Å². The molecule has 0 aliphatic heterocycles. The van der Waals surface area contributed by atoms with Crippen molar-refractivity contribution in [2.75, 3.05) is 12.4 Å². The van der Waals surface area contributed by atoms with Crippen LogP contribution in [0.1, 0.15) is 20.7 Å². The van der Waals surface area contributed by atoms with Crippen molar-refractivity contribution in [2.45, 2.75) is 0 Å². The number of aromatic nitrogens is 1. The van der Waals surface area contributed by atoms with E-state index in [1.54, 1.807) is 18.2 Å². The highest BCUT2D eigenvalue weighted by molar-refractivity contribution is 6.15. The molecule has 0 unspecified atom stereocenters. The van der Waals surface area contributed by atoms with E-state index in [0.717, 1.165) is 21.7 Å². The van der Waals surface area contributed by atoms with Crippen molar-refractivity contribution < 1.29 is 14.3 Å². The largest absolute Gasteiger partial charge is 0.465 e. The van der Waals surface area contributed by atoms with E-state index in [9.17, 15) is 9.59 Å². The van der Waals surface area contributed by atoms with E-state index < -0.39 is 5.97 Å². The normalized spacial score (nSPS) is 10.9. The molecule has 0 atom stereocenters. The lowest BCUT2D eigenvalue weighted by Crippen LogP contribution is -2.15. The van der Waals surface area contributed by atoms with Crippen molar-refractivity contribution in [3.05, 3.63) is 78.0 Å². The number of anilines is 1. The van der Waals surface area contributed by atoms with Gasteiger partial charge in [-0.15, -0.1) is 0 Å². The molecule has 1 N–H and O–H groups in total. The Hall–Kier alpha value is -3.60. The van der Waals surface area contributed by atoms with Crippen LogP contribution in [0.25, 0.3) is 21.7 Å². The molecule has 1 aromatic heterocycles. The molecule has 0 aliphatic rings. The highest BCUT2D eigenvalue weighted by atomic mass is 16.5. The van der Waals surface area contributed by atoms with Gasteiger partial charge in [-0.1, -0.05) is 30.3 Å². The molecule has 134 valence electrons. The van der Waals surface area contributed by atoms with Crippen LogP contribution in [-0.2, 0) is 11.8 Å². The van der Waals surface area contributed by atoms with E-state index in [1.807, 2.05) is 60.3 Å². The number of nitrogens with one attached hydrogen (secondary N) is 1. The lowest BCUT2D eigenvalue weighted by Gasteiger charge is -2.12. The predicted octanol–water partition coefficient (Wildman–Crippen LogP) is 4.37. The standard InChI is InChI=1S/C22H18N2O3/c1-24-11-10-16-17(8-5-9-20(16)24)21(25)23-19-13-15-7-4-3-6-14(15)12-18(19)22(26)27-2/h3-13H,1-2H3,(H,23,25). The van der Waals surface area contributed by atoms with Crippen LogP contribution in [0.4, 0.5) is 5.69 Å². The Morgan fingerprint density at radius 3 is 2.41 bits per heavy atom. The zero-order valence-electron chi connectivity index (χ0n) is 15.0. The summed E-state index contributed by atoms with van der Waals surface area (Å²) in [5.74, 6) is -0.763. The van der Waals surface area contributed by atoms with Gasteiger partial charge < -0.3 is 14.6 Å². The number of benzene rings is 3. The average Bonchev–Trinajstić information content (AvgIpc) is 3.08. The van der Waals surface area contributed by atoms with Crippen molar-refractivity contribution >= 4 is 39.2 Å². The van der Waals surface area contributed by atoms with Crippen LogP contribution in [0, 0.1) is 0 Å². The van der Waals surface area contributed by atoms with Gasteiger partial charge in [-0.05, 0) is 41.1 Å². The molecule has 3 aromatic carbocycles. The molecule has 1 amide bonds. The number of ether oxygens (including phenoxy) is 1. The van der Waals surface area contributed by atoms with Gasteiger partial charge in [-0.25, -0.2) is 4.79 Å². The van der Waals surface area contributed by atoms with Gasteiger partial charge in [0, 0.05) is 29.7 Å². The minimum absolute atomic E-state index is 0.271. The summed E-state index contributed by atoms with van der Waals surface area (Å²) in [6.07, 6.45) is 1.91. The van der Waals surface area contributed by atoms with E-state index in [-0.39, 0.29) is 5.91 Å². The minimum atomic E-state index is -0.492. The van der Waals surface area contributed by atoms with Crippen LogP contribution in [0.2, 0.25) is 0 Å². The second-order valence-electron chi connectivity index (χ2n) is 6.36. The number of hydrogen-bond donors (Lipinski definition) is 1. The van der Waals surface area contributed by atoms with E-state index in [4.69, 9.17) is 4.74 Å². The molecule has 0 saturated heterocycles. The van der Waals surface area contributed by atoms with Crippen molar-refractivity contribution in [3.8, 4) is 0 Å². The summed E-state index contributed by atoms with van der Waals surface area (Å²) < 4.78 is 6.85. The lowest BCUT2D eigenvalue weighted by molar-refractivity contribution is 0.0602. The molecule has 0 radical (unpaired) electrons. The molecular weight excluding hydrogens is 340 g/mol. The number of carbonyl (C=O) groups excluding carboxylic acids is 2. The molecule has 27 heavy (non-hydrogen) atoms. The second kappa shape index (κ2) is 6.61. The first kappa shape index (κ1) is 16.8. The Kier molecular flexibility index (Phi) is 4.12. The highest BCUT2D eigenvalue weighted by Gasteiger charge is 2.18. The number of aryl methyl sites for hydroxylation is 1. The molecule has 1 heterocycles. The predicted molar refractivity (Wildman–Crippen MR) is 106 cm³/mol. The Morgan fingerprint density at radius 2 is 1.67 bits per heavy atom. The molecule has 5 heteroatoms. The van der Waals surface area contributed by atoms with Gasteiger partial charge in [0.1, 0.15) is 0 Å². The third kappa shape index (κ3) is 2.93. The number of rotatable bonds is 3. The summed E-state index contributed by atoms with van der Waals surface area (Å²) in [5, 5.41) is 5.58. The van der Waals surface area contributed by atoms with Gasteiger partial charge in [-0.3, -0.25) is 4.79 Å². The Bertz CT molecular complexity index is 1190. The Balaban J connectivity index is 1.79. The molecule has 0 fully saturated rings. The first-order valence-corrected chi connectivity index (χ1v) is 8.55. The maximum absolute atomic E-state index is 13.0. The molecule has 0 bridgehead atoms. The topological polar surface area (TPSA) is 60.3 Å². The fourth-order valence-corrected chi connectivity index (χ4v) is 3.31. The van der Waals surface area contributed by atoms with Crippen LogP contribution >= 0.6 is 0 Å². The minimum Gasteiger partial charge on any atom is -0.465 e. The fraction of sp³-hybridized carbons (Fsp3) is 0.0909. The number of methoxy groups -OCH3 is 1. The zero-order valence-corrected chi connectivity index (χ0v) is 15.0. The summed E-state index contributed by atoms with van der Waals surface area (Å²) in [4.78, 5) is 25.2. The first-order valence-electron chi connectivity index (χ1n) is 8.55. The van der Waals surface area contributed by atoms with E-state index >= 15 is 0 Å². The highest BCUT2D eigenvalue weighted by Crippen LogP contribution is 2.27. The van der Waals surface area contributed by atoms with E-state index in [0.29, 0.717) is 16.8 Å². The Labute approximate surface area is 156 Å². The number of esters is 1. The quantitative estimate of drug-likeness (QED) is 0.553. The van der Waals surface area contributed by atoms with Crippen molar-refractivity contribution in [1.29, 1.82) is 0 Å². The van der Waals surface area contributed by atoms with E-state index in [1.165, 1.54) is 7.11 Å². The lowest BCUT2D eigenvalue weighted by atomic mass is 10.0. The number of hydrogen-bond acceptors (Lipinski definition) is 3. The summed E-state index contributed by atoms with van der Waals surface area (Å²) in [6.45, 7) is 0. The smallest absolute Gasteiger partial charge is 0.339 e. The molecule has 5 nitrogen and oxygen atoms in total. The van der Waals surface area contributed by atoms with E-state index in [2.05, 4.69) is 5.32 Å². The maximum atomic E-state index is 13.0. The number of amides is 1. The van der Waals surface area contributed by atoms with Crippen LogP contribution in [0.3, 0.4) is 0 Å². The van der Waals surface area contributed by atoms with Crippen LogP contribution in [0.5, 0.6) is 0 Å². The summed E-state index contributed by atoms with van der Waals surface area (Å²) >= 11 is 0. The molecular formula is C22H18N2O3. The maximum Gasteiger partial charge on any atom is 0.339 e. The van der Waals surface area contributed by atoms with Crippen molar-refractivity contribution in [1.82, 2.24) is 4.57 Å². The third-order valence-corrected chi connectivity index (χ3v) is 4.71. The summed E-state index contributed by atoms with van der Waals surface area (Å²) in [5.41, 5.74) is 2.27. The van der Waals surface area contributed by atoms with Gasteiger partial charge in [0.15, 0.2) is 0 Å². The molecule has 4 rings (SSSR count). The van der Waals surface area contributed by atoms with Gasteiger partial charge in [0.2, 0.25) is 0 Å². The monoisotopic (exact) mass is 358 g/mol. The van der Waals surface area contributed by atoms with Crippen LogP contribution < -0.4 is 5.32 Å². The number of fused-ring (bicyclic) bond motifs is 2. The summed E-state index contributed by atoms with van der Waals surface area (Å²) in [6, 6.07) is 18.7. The Morgan fingerprint density at radius 1 is 0.926 bits per heavy atom. The summed E-state index contributed by atoms with van der Waals surface area (Å²) in [7, 11) is 3.26. The SMILES string of the molecule is COC(=O)c1cc2ccccc2cc1NC(=O)c1cccc2c1ccn2C. The number of nitrogens with zero attached hydrogens (tertiary/aromatic N) is 1. The van der Waals surface area contributed by atoms with Crippen LogP contribution in [0.15, 0.2) is 66.9 Å². The van der Waals surface area contributed by atoms with Crippen LogP contribution in [-0.4, -0.2) is 23.6 Å². The van der Waals surface area contributed by atoms with Gasteiger partial charge in [-0.2, -0.15) is 0 Å². The first-order chi connectivity index (χ1) is 13.1. The second-order valence-corrected chi connectivity index (χ2v) is 6.36. The van der Waals surface area contributed by atoms with Crippen molar-refractivity contribution in [3.63, 3.8) is 0 Å². The molecule has 4 aromatic rings.